The van der Waals surface area contributed by atoms with E-state index in [2.05, 4.69) is 6.92 Å². The average molecular weight is 213 g/mol. The normalized spacial score (nSPS) is 16.4. The zero-order chi connectivity index (χ0) is 9.61. The average Bonchev–Trinajstić information content (AvgIpc) is 1.98. The third kappa shape index (κ3) is 5.18. The molecule has 0 radical (unpaired) electrons. The van der Waals surface area contributed by atoms with Gasteiger partial charge < -0.3 is 4.52 Å². The van der Waals surface area contributed by atoms with Crippen LogP contribution in [0, 0.1) is 0 Å². The zero-order valence-corrected chi connectivity index (χ0v) is 9.70. The predicted octanol–water partition coefficient (Wildman–Crippen LogP) is 4.03. The molecular weight excluding hydrogens is 195 g/mol. The van der Waals surface area contributed by atoms with E-state index in [4.69, 9.17) is 15.8 Å². The Labute approximate surface area is 79.9 Å². The number of unbranched alkanes of at least 4 members (excludes halogenated alkanes) is 2. The second-order valence-electron chi connectivity index (χ2n) is 3.16. The first-order valence-corrected chi connectivity index (χ1v) is 7.04. The van der Waals surface area contributed by atoms with E-state index in [-0.39, 0.29) is 5.66 Å². The Balaban J connectivity index is 3.55. The minimum absolute atomic E-state index is 0.0826. The van der Waals surface area contributed by atoms with Gasteiger partial charge in [-0.1, -0.05) is 33.6 Å². The van der Waals surface area contributed by atoms with Crippen molar-refractivity contribution >= 4 is 18.0 Å². The monoisotopic (exact) mass is 212 g/mol. The van der Waals surface area contributed by atoms with Crippen molar-refractivity contribution in [3.8, 4) is 0 Å². The van der Waals surface area contributed by atoms with E-state index in [1.165, 1.54) is 0 Å². The molecule has 0 rings (SSSR count). The molecule has 0 aliphatic heterocycles. The summed E-state index contributed by atoms with van der Waals surface area (Å²) in [6.07, 6.45) is 3.19. The third-order valence-corrected chi connectivity index (χ3v) is 4.86. The number of hydrogen-bond donors (Lipinski definition) is 0. The van der Waals surface area contributed by atoms with E-state index in [1.807, 2.05) is 13.8 Å². The smallest absolute Gasteiger partial charge is 0.292 e. The fourth-order valence-electron chi connectivity index (χ4n) is 0.690. The van der Waals surface area contributed by atoms with E-state index >= 15 is 0 Å². The van der Waals surface area contributed by atoms with Gasteiger partial charge in [-0.25, -0.2) is 0 Å². The molecule has 0 saturated heterocycles. The van der Waals surface area contributed by atoms with Gasteiger partial charge in [0.05, 0.1) is 6.61 Å². The molecule has 0 aromatic heterocycles. The minimum Gasteiger partial charge on any atom is -0.317 e. The van der Waals surface area contributed by atoms with Gasteiger partial charge in [-0.05, 0) is 17.7 Å². The lowest BCUT2D eigenvalue weighted by Crippen LogP contribution is -1.98. The van der Waals surface area contributed by atoms with Crippen LogP contribution in [0.2, 0.25) is 0 Å². The van der Waals surface area contributed by atoms with Crippen LogP contribution in [0.15, 0.2) is 0 Å². The van der Waals surface area contributed by atoms with Crippen LogP contribution in [0.4, 0.5) is 0 Å². The highest BCUT2D eigenvalue weighted by atomic mass is 35.7. The second kappa shape index (κ2) is 6.01. The van der Waals surface area contributed by atoms with E-state index in [1.54, 1.807) is 0 Å². The Hall–Kier alpha value is 0.480. The highest BCUT2D eigenvalue weighted by Gasteiger charge is 2.23. The molecule has 2 nitrogen and oxygen atoms in total. The molecule has 74 valence electrons. The highest BCUT2D eigenvalue weighted by Crippen LogP contribution is 2.56. The molecular formula is C8H18ClO2P. The fraction of sp³-hybridized carbons (Fsp3) is 1.00. The minimum atomic E-state index is -2.83. The van der Waals surface area contributed by atoms with Crippen LogP contribution in [0.5, 0.6) is 0 Å². The molecule has 0 spiro atoms. The molecule has 0 amide bonds. The van der Waals surface area contributed by atoms with Crippen LogP contribution >= 0.6 is 18.0 Å². The summed E-state index contributed by atoms with van der Waals surface area (Å²) >= 11 is 5.68. The van der Waals surface area contributed by atoms with Crippen molar-refractivity contribution in [3.05, 3.63) is 0 Å². The molecule has 0 aromatic rings. The molecule has 0 N–H and O–H groups in total. The molecule has 1 unspecified atom stereocenters. The largest absolute Gasteiger partial charge is 0.317 e. The van der Waals surface area contributed by atoms with Gasteiger partial charge in [0.25, 0.3) is 6.72 Å². The first kappa shape index (κ1) is 12.5. The van der Waals surface area contributed by atoms with E-state index in [0.717, 1.165) is 19.3 Å². The van der Waals surface area contributed by atoms with Crippen LogP contribution in [0.1, 0.15) is 40.0 Å². The van der Waals surface area contributed by atoms with Crippen molar-refractivity contribution in [2.24, 2.45) is 0 Å². The van der Waals surface area contributed by atoms with Crippen molar-refractivity contribution < 1.29 is 9.09 Å². The summed E-state index contributed by atoms with van der Waals surface area (Å²) in [6.45, 7) is 3.43. The number of hydrogen-bond acceptors (Lipinski definition) is 2. The van der Waals surface area contributed by atoms with Crippen molar-refractivity contribution in [2.75, 3.05) is 6.61 Å². The Morgan fingerprint density at radius 2 is 2.00 bits per heavy atom. The molecule has 1 atom stereocenters. The first-order valence-electron chi connectivity index (χ1n) is 4.44. The second-order valence-corrected chi connectivity index (χ2v) is 6.90. The van der Waals surface area contributed by atoms with Crippen molar-refractivity contribution in [1.82, 2.24) is 0 Å². The third-order valence-electron chi connectivity index (χ3n) is 1.63. The quantitative estimate of drug-likeness (QED) is 0.491. The van der Waals surface area contributed by atoms with Gasteiger partial charge in [-0.3, -0.25) is 4.57 Å². The van der Waals surface area contributed by atoms with E-state index in [9.17, 15) is 4.57 Å². The summed E-state index contributed by atoms with van der Waals surface area (Å²) in [5, 5.41) is 0. The van der Waals surface area contributed by atoms with Crippen LogP contribution in [-0.4, -0.2) is 12.3 Å². The highest BCUT2D eigenvalue weighted by molar-refractivity contribution is 7.85. The Morgan fingerprint density at radius 3 is 2.42 bits per heavy atom. The maximum atomic E-state index is 11.4. The summed E-state index contributed by atoms with van der Waals surface area (Å²) in [5.41, 5.74) is -0.0826. The molecule has 0 heterocycles. The topological polar surface area (TPSA) is 26.3 Å². The van der Waals surface area contributed by atoms with E-state index in [0.29, 0.717) is 6.61 Å². The van der Waals surface area contributed by atoms with Gasteiger partial charge in [0.2, 0.25) is 0 Å². The van der Waals surface area contributed by atoms with Crippen LogP contribution < -0.4 is 0 Å². The van der Waals surface area contributed by atoms with Crippen LogP contribution in [0.3, 0.4) is 0 Å². The number of rotatable bonds is 6. The van der Waals surface area contributed by atoms with Crippen molar-refractivity contribution in [2.45, 2.75) is 45.7 Å². The lowest BCUT2D eigenvalue weighted by Gasteiger charge is -2.14. The number of halogens is 1. The molecule has 0 bridgehead atoms. The Kier molecular flexibility index (Phi) is 6.25. The summed E-state index contributed by atoms with van der Waals surface area (Å²) < 4.78 is 16.5. The molecule has 0 aromatic carbocycles. The van der Waals surface area contributed by atoms with Gasteiger partial charge in [0.1, 0.15) is 0 Å². The lowest BCUT2D eigenvalue weighted by atomic mass is 10.3. The Bertz CT molecular complexity index is 159. The zero-order valence-electron chi connectivity index (χ0n) is 8.05. The van der Waals surface area contributed by atoms with Crippen LogP contribution in [-0.2, 0) is 9.09 Å². The fourth-order valence-corrected chi connectivity index (χ4v) is 1.57. The first-order chi connectivity index (χ1) is 5.50. The van der Waals surface area contributed by atoms with Gasteiger partial charge in [-0.15, -0.1) is 0 Å². The summed E-state index contributed by atoms with van der Waals surface area (Å²) in [4.78, 5) is 0. The van der Waals surface area contributed by atoms with Gasteiger partial charge in [0.15, 0.2) is 0 Å². The summed E-state index contributed by atoms with van der Waals surface area (Å²) in [5.74, 6) is 0. The molecule has 0 fully saturated rings. The van der Waals surface area contributed by atoms with Crippen LogP contribution in [0.25, 0.3) is 0 Å². The van der Waals surface area contributed by atoms with Crippen molar-refractivity contribution in [3.63, 3.8) is 0 Å². The maximum absolute atomic E-state index is 11.4. The molecule has 12 heavy (non-hydrogen) atoms. The van der Waals surface area contributed by atoms with Gasteiger partial charge >= 0.3 is 0 Å². The standard InChI is InChI=1S/C8H18ClO2P/c1-4-5-6-7-11-12(9,10)8(2)3/h8H,4-7H2,1-3H3. The lowest BCUT2D eigenvalue weighted by molar-refractivity contribution is 0.309. The summed E-state index contributed by atoms with van der Waals surface area (Å²) in [7, 11) is 0. The molecule has 4 heteroatoms. The molecule has 0 aliphatic rings. The van der Waals surface area contributed by atoms with E-state index < -0.39 is 6.72 Å². The van der Waals surface area contributed by atoms with Gasteiger partial charge in [0, 0.05) is 5.66 Å². The van der Waals surface area contributed by atoms with Crippen molar-refractivity contribution in [1.29, 1.82) is 0 Å². The maximum Gasteiger partial charge on any atom is 0.292 e. The summed E-state index contributed by atoms with van der Waals surface area (Å²) in [6, 6.07) is 0. The molecule has 0 saturated carbocycles. The Morgan fingerprint density at radius 1 is 1.42 bits per heavy atom. The predicted molar refractivity (Wildman–Crippen MR) is 54.1 cm³/mol. The molecule has 0 aliphatic carbocycles. The SMILES string of the molecule is CCCCCOP(=O)(Cl)C(C)C. The van der Waals surface area contributed by atoms with Gasteiger partial charge in [-0.2, -0.15) is 0 Å².